The fourth-order valence-corrected chi connectivity index (χ4v) is 2.97. The molecule has 1 aromatic rings. The molecule has 1 N–H and O–H groups in total. The summed E-state index contributed by atoms with van der Waals surface area (Å²) < 4.78 is 5.34. The van der Waals surface area contributed by atoms with E-state index in [1.165, 1.54) is 6.42 Å². The lowest BCUT2D eigenvalue weighted by Crippen LogP contribution is -2.41. The molecule has 0 aromatic heterocycles. The first kappa shape index (κ1) is 16.6. The normalized spacial score (nSPS) is 18.7. The van der Waals surface area contributed by atoms with E-state index in [1.807, 2.05) is 43.1 Å². The molecule has 1 amide bonds. The molecular weight excluding hydrogens is 276 g/mol. The van der Waals surface area contributed by atoms with Gasteiger partial charge in [0.05, 0.1) is 7.11 Å². The van der Waals surface area contributed by atoms with E-state index in [9.17, 15) is 4.79 Å². The van der Waals surface area contributed by atoms with Gasteiger partial charge in [0.1, 0.15) is 5.75 Å². The number of likely N-dealkylation sites (tertiary alicyclic amines) is 1. The van der Waals surface area contributed by atoms with E-state index in [4.69, 9.17) is 4.74 Å². The van der Waals surface area contributed by atoms with Crippen LogP contribution in [-0.2, 0) is 4.79 Å². The summed E-state index contributed by atoms with van der Waals surface area (Å²) in [6, 6.07) is 5.97. The van der Waals surface area contributed by atoms with Crippen molar-refractivity contribution in [2.75, 3.05) is 33.8 Å². The minimum atomic E-state index is 0.0874. The van der Waals surface area contributed by atoms with Gasteiger partial charge in [-0.05, 0) is 57.5 Å². The van der Waals surface area contributed by atoms with Crippen molar-refractivity contribution < 1.29 is 9.53 Å². The van der Waals surface area contributed by atoms with E-state index in [-0.39, 0.29) is 5.91 Å². The third-order valence-electron chi connectivity index (χ3n) is 4.11. The topological polar surface area (TPSA) is 41.6 Å². The standard InChI is InChI=1S/C18H26N2O2/c1-14-6-8-17(22-3)16(11-14)7-9-18(21)20-10-4-5-15(13-20)12-19-2/h6-9,11,15,19H,4-5,10,12-13H2,1-3H3/b9-7+. The Morgan fingerprint density at radius 2 is 2.32 bits per heavy atom. The predicted molar refractivity (Wildman–Crippen MR) is 90.0 cm³/mol. The second-order valence-electron chi connectivity index (χ2n) is 5.93. The lowest BCUT2D eigenvalue weighted by atomic mass is 9.98. The number of ether oxygens (including phenoxy) is 1. The number of piperidine rings is 1. The third-order valence-corrected chi connectivity index (χ3v) is 4.11. The maximum absolute atomic E-state index is 12.4. The van der Waals surface area contributed by atoms with Crippen molar-refractivity contribution in [2.24, 2.45) is 5.92 Å². The molecule has 1 unspecified atom stereocenters. The number of carbonyl (C=O) groups is 1. The van der Waals surface area contributed by atoms with Gasteiger partial charge in [-0.3, -0.25) is 4.79 Å². The van der Waals surface area contributed by atoms with E-state index in [0.717, 1.165) is 42.9 Å². The molecule has 120 valence electrons. The van der Waals surface area contributed by atoms with Gasteiger partial charge in [0, 0.05) is 24.7 Å². The fourth-order valence-electron chi connectivity index (χ4n) is 2.97. The molecule has 1 heterocycles. The third kappa shape index (κ3) is 4.34. The van der Waals surface area contributed by atoms with Gasteiger partial charge < -0.3 is 15.0 Å². The summed E-state index contributed by atoms with van der Waals surface area (Å²) in [5.41, 5.74) is 2.10. The van der Waals surface area contributed by atoms with Gasteiger partial charge in [-0.25, -0.2) is 0 Å². The fraction of sp³-hybridized carbons (Fsp3) is 0.500. The minimum Gasteiger partial charge on any atom is -0.496 e. The number of methoxy groups -OCH3 is 1. The summed E-state index contributed by atoms with van der Waals surface area (Å²) in [5.74, 6) is 1.44. The van der Waals surface area contributed by atoms with Crippen LogP contribution in [0.5, 0.6) is 5.75 Å². The number of hydrogen-bond donors (Lipinski definition) is 1. The summed E-state index contributed by atoms with van der Waals surface area (Å²) in [5, 5.41) is 3.20. The molecular formula is C18H26N2O2. The van der Waals surface area contributed by atoms with Crippen LogP contribution in [0, 0.1) is 12.8 Å². The first-order valence-corrected chi connectivity index (χ1v) is 7.90. The van der Waals surface area contributed by atoms with Crippen molar-refractivity contribution in [3.05, 3.63) is 35.4 Å². The molecule has 0 radical (unpaired) electrons. The Morgan fingerprint density at radius 1 is 1.50 bits per heavy atom. The van der Waals surface area contributed by atoms with Gasteiger partial charge in [-0.15, -0.1) is 0 Å². The van der Waals surface area contributed by atoms with E-state index in [2.05, 4.69) is 5.32 Å². The maximum Gasteiger partial charge on any atom is 0.246 e. The van der Waals surface area contributed by atoms with Crippen LogP contribution in [0.15, 0.2) is 24.3 Å². The Bertz CT molecular complexity index is 538. The average Bonchev–Trinajstić information content (AvgIpc) is 2.53. The molecule has 0 bridgehead atoms. The molecule has 1 aliphatic heterocycles. The van der Waals surface area contributed by atoms with Crippen molar-refractivity contribution >= 4 is 12.0 Å². The number of hydrogen-bond acceptors (Lipinski definition) is 3. The van der Waals surface area contributed by atoms with Crippen molar-refractivity contribution in [1.29, 1.82) is 0 Å². The Labute approximate surface area is 133 Å². The summed E-state index contributed by atoms with van der Waals surface area (Å²) in [6.45, 7) is 4.70. The molecule has 1 saturated heterocycles. The van der Waals surface area contributed by atoms with Gasteiger partial charge in [0.25, 0.3) is 0 Å². The molecule has 1 fully saturated rings. The molecule has 22 heavy (non-hydrogen) atoms. The van der Waals surface area contributed by atoms with Crippen LogP contribution >= 0.6 is 0 Å². The molecule has 4 nitrogen and oxygen atoms in total. The zero-order valence-corrected chi connectivity index (χ0v) is 13.8. The summed E-state index contributed by atoms with van der Waals surface area (Å²) in [6.07, 6.45) is 5.80. The SMILES string of the molecule is CNCC1CCCN(C(=O)/C=C/c2cc(C)ccc2OC)C1. The summed E-state index contributed by atoms with van der Waals surface area (Å²) in [7, 11) is 3.61. The van der Waals surface area contributed by atoms with Gasteiger partial charge in [-0.2, -0.15) is 0 Å². The second-order valence-corrected chi connectivity index (χ2v) is 5.93. The van der Waals surface area contributed by atoms with E-state index in [1.54, 1.807) is 13.2 Å². The Hall–Kier alpha value is -1.81. The molecule has 2 rings (SSSR count). The van der Waals surface area contributed by atoms with Crippen LogP contribution in [0.1, 0.15) is 24.0 Å². The van der Waals surface area contributed by atoms with Crippen molar-refractivity contribution in [3.8, 4) is 5.75 Å². The zero-order valence-electron chi connectivity index (χ0n) is 13.8. The quantitative estimate of drug-likeness (QED) is 0.850. The zero-order chi connectivity index (χ0) is 15.9. The van der Waals surface area contributed by atoms with E-state index >= 15 is 0 Å². The van der Waals surface area contributed by atoms with Crippen LogP contribution in [0.25, 0.3) is 6.08 Å². The smallest absolute Gasteiger partial charge is 0.246 e. The molecule has 4 heteroatoms. The Balaban J connectivity index is 2.03. The number of benzene rings is 1. The Morgan fingerprint density at radius 3 is 3.05 bits per heavy atom. The second kappa shape index (κ2) is 7.99. The number of rotatable bonds is 5. The molecule has 0 aliphatic carbocycles. The number of nitrogens with one attached hydrogen (secondary N) is 1. The monoisotopic (exact) mass is 302 g/mol. The number of aryl methyl sites for hydroxylation is 1. The van der Waals surface area contributed by atoms with Gasteiger partial charge in [0.15, 0.2) is 0 Å². The highest BCUT2D eigenvalue weighted by Gasteiger charge is 2.21. The van der Waals surface area contributed by atoms with E-state index in [0.29, 0.717) is 5.92 Å². The molecule has 0 spiro atoms. The van der Waals surface area contributed by atoms with Crippen molar-refractivity contribution in [1.82, 2.24) is 10.2 Å². The first-order chi connectivity index (χ1) is 10.6. The van der Waals surface area contributed by atoms with Crippen molar-refractivity contribution in [3.63, 3.8) is 0 Å². The van der Waals surface area contributed by atoms with E-state index < -0.39 is 0 Å². The summed E-state index contributed by atoms with van der Waals surface area (Å²) in [4.78, 5) is 14.3. The lowest BCUT2D eigenvalue weighted by Gasteiger charge is -2.32. The van der Waals surface area contributed by atoms with Crippen LogP contribution < -0.4 is 10.1 Å². The highest BCUT2D eigenvalue weighted by atomic mass is 16.5. The minimum absolute atomic E-state index is 0.0874. The van der Waals surface area contributed by atoms with Crippen molar-refractivity contribution in [2.45, 2.75) is 19.8 Å². The van der Waals surface area contributed by atoms with Crippen LogP contribution in [0.2, 0.25) is 0 Å². The molecule has 1 aliphatic rings. The predicted octanol–water partition coefficient (Wildman–Crippen LogP) is 2.47. The maximum atomic E-state index is 12.4. The van der Waals surface area contributed by atoms with Gasteiger partial charge >= 0.3 is 0 Å². The summed E-state index contributed by atoms with van der Waals surface area (Å²) >= 11 is 0. The lowest BCUT2D eigenvalue weighted by molar-refractivity contribution is -0.127. The Kier molecular flexibility index (Phi) is 6.01. The largest absolute Gasteiger partial charge is 0.496 e. The average molecular weight is 302 g/mol. The molecule has 0 saturated carbocycles. The number of nitrogens with zero attached hydrogens (tertiary/aromatic N) is 1. The highest BCUT2D eigenvalue weighted by Crippen LogP contribution is 2.21. The highest BCUT2D eigenvalue weighted by molar-refractivity contribution is 5.92. The van der Waals surface area contributed by atoms with Gasteiger partial charge in [0.2, 0.25) is 5.91 Å². The molecule has 1 atom stereocenters. The van der Waals surface area contributed by atoms with Crippen LogP contribution in [0.3, 0.4) is 0 Å². The first-order valence-electron chi connectivity index (χ1n) is 7.90. The van der Waals surface area contributed by atoms with Gasteiger partial charge in [-0.1, -0.05) is 11.6 Å². The van der Waals surface area contributed by atoms with Crippen LogP contribution in [0.4, 0.5) is 0 Å². The number of amides is 1. The molecule has 1 aromatic carbocycles. The number of carbonyl (C=O) groups excluding carboxylic acids is 1. The van der Waals surface area contributed by atoms with Crippen LogP contribution in [-0.4, -0.2) is 44.6 Å².